The number of piperidine rings is 1. The van der Waals surface area contributed by atoms with Crippen LogP contribution in [0, 0.1) is 11.3 Å². The van der Waals surface area contributed by atoms with Crippen molar-refractivity contribution in [2.45, 2.75) is 56.7 Å². The fraction of sp³-hybridized carbons (Fsp3) is 0.417. The molecule has 0 unspecified atom stereocenters. The summed E-state index contributed by atoms with van der Waals surface area (Å²) < 4.78 is 1.69. The number of fused-ring (bicyclic) bond motifs is 2. The highest BCUT2D eigenvalue weighted by Gasteiger charge is 2.49. The van der Waals surface area contributed by atoms with Gasteiger partial charge in [0.25, 0.3) is 0 Å². The van der Waals surface area contributed by atoms with Gasteiger partial charge in [0.05, 0.1) is 11.4 Å². The van der Waals surface area contributed by atoms with Crippen molar-refractivity contribution in [3.63, 3.8) is 0 Å². The van der Waals surface area contributed by atoms with E-state index in [2.05, 4.69) is 46.3 Å². The lowest BCUT2D eigenvalue weighted by Gasteiger charge is -2.45. The van der Waals surface area contributed by atoms with Gasteiger partial charge in [0, 0.05) is 42.0 Å². The maximum atomic E-state index is 10.6. The van der Waals surface area contributed by atoms with E-state index < -0.39 is 0 Å². The Kier molecular flexibility index (Phi) is 4.68. The van der Waals surface area contributed by atoms with E-state index in [1.807, 2.05) is 24.3 Å². The largest absolute Gasteiger partial charge is 0.507 e. The summed E-state index contributed by atoms with van der Waals surface area (Å²) in [6, 6.07) is 11.6. The Hall–Kier alpha value is -3.44. The molecule has 3 aromatic rings. The van der Waals surface area contributed by atoms with Crippen LogP contribution in [0.3, 0.4) is 0 Å². The summed E-state index contributed by atoms with van der Waals surface area (Å²) in [6.07, 6.45) is 7.77. The van der Waals surface area contributed by atoms with E-state index in [9.17, 15) is 5.11 Å². The van der Waals surface area contributed by atoms with Crippen molar-refractivity contribution < 1.29 is 5.11 Å². The smallest absolute Gasteiger partial charge is 0.158 e. The zero-order valence-corrected chi connectivity index (χ0v) is 18.6. The van der Waals surface area contributed by atoms with Gasteiger partial charge in [-0.15, -0.1) is 10.2 Å². The van der Waals surface area contributed by atoms with Crippen molar-refractivity contribution in [2.75, 3.05) is 11.9 Å². The van der Waals surface area contributed by atoms with Gasteiger partial charge in [-0.25, -0.2) is 4.98 Å². The van der Waals surface area contributed by atoms with E-state index in [0.717, 1.165) is 18.7 Å². The van der Waals surface area contributed by atoms with Gasteiger partial charge >= 0.3 is 0 Å². The van der Waals surface area contributed by atoms with Crippen molar-refractivity contribution in [3.05, 3.63) is 48.5 Å². The molecule has 2 N–H and O–H groups in total. The molecule has 164 valence electrons. The Bertz CT molecular complexity index is 1180. The van der Waals surface area contributed by atoms with Crippen molar-refractivity contribution in [3.8, 4) is 28.8 Å². The summed E-state index contributed by atoms with van der Waals surface area (Å²) in [5, 5.41) is 32.2. The lowest BCUT2D eigenvalue weighted by atomic mass is 9.84. The third-order valence-corrected chi connectivity index (χ3v) is 7.02. The monoisotopic (exact) mass is 429 g/mol. The van der Waals surface area contributed by atoms with Crippen LogP contribution in [0.25, 0.3) is 16.9 Å². The molecule has 2 aliphatic rings. The highest BCUT2D eigenvalue weighted by atomic mass is 16.3. The van der Waals surface area contributed by atoms with Gasteiger partial charge in [-0.1, -0.05) is 0 Å². The average Bonchev–Trinajstić information content (AvgIpc) is 3.34. The number of aromatic nitrogens is 4. The van der Waals surface area contributed by atoms with Crippen LogP contribution in [-0.2, 0) is 0 Å². The number of nitrogens with one attached hydrogen (secondary N) is 1. The van der Waals surface area contributed by atoms with E-state index >= 15 is 0 Å². The van der Waals surface area contributed by atoms with Crippen LogP contribution in [0.15, 0.2) is 42.9 Å². The van der Waals surface area contributed by atoms with Crippen LogP contribution in [-0.4, -0.2) is 49.0 Å². The van der Waals surface area contributed by atoms with Gasteiger partial charge < -0.3 is 19.9 Å². The van der Waals surface area contributed by atoms with Crippen molar-refractivity contribution in [2.24, 2.45) is 0 Å². The van der Waals surface area contributed by atoms with E-state index in [-0.39, 0.29) is 16.8 Å². The van der Waals surface area contributed by atoms with Crippen LogP contribution in [0.4, 0.5) is 5.82 Å². The van der Waals surface area contributed by atoms with Crippen LogP contribution < -0.4 is 10.2 Å². The first kappa shape index (κ1) is 20.5. The summed E-state index contributed by atoms with van der Waals surface area (Å²) >= 11 is 0. The first-order valence-electron chi connectivity index (χ1n) is 10.9. The zero-order valence-electron chi connectivity index (χ0n) is 18.6. The first-order chi connectivity index (χ1) is 15.3. The van der Waals surface area contributed by atoms with E-state index in [0.29, 0.717) is 28.7 Å². The van der Waals surface area contributed by atoms with Crippen molar-refractivity contribution in [1.29, 1.82) is 5.26 Å². The number of hydrogen-bond donors (Lipinski definition) is 2. The fourth-order valence-electron chi connectivity index (χ4n) is 5.36. The van der Waals surface area contributed by atoms with Crippen LogP contribution in [0.5, 0.6) is 5.75 Å². The maximum Gasteiger partial charge on any atom is 0.158 e. The molecule has 0 aliphatic carbocycles. The van der Waals surface area contributed by atoms with E-state index in [1.54, 1.807) is 29.2 Å². The van der Waals surface area contributed by atoms with Gasteiger partial charge in [0.15, 0.2) is 11.5 Å². The lowest BCUT2D eigenvalue weighted by Crippen LogP contribution is -2.58. The summed E-state index contributed by atoms with van der Waals surface area (Å²) in [6.45, 7) is 4.65. The molecular formula is C24H27N7O. The first-order valence-corrected chi connectivity index (χ1v) is 10.9. The Morgan fingerprint density at radius 1 is 1.16 bits per heavy atom. The molecule has 0 saturated carbocycles. The highest BCUT2D eigenvalue weighted by Crippen LogP contribution is 2.43. The molecule has 5 rings (SSSR count). The highest BCUT2D eigenvalue weighted by molar-refractivity contribution is 5.69. The minimum atomic E-state index is 0.0980. The second-order valence-corrected chi connectivity index (χ2v) is 9.68. The maximum absolute atomic E-state index is 10.6. The quantitative estimate of drug-likeness (QED) is 0.655. The number of hydrogen-bond acceptors (Lipinski definition) is 7. The standard InChI is InChI=1S/C24H27N7O/c1-23-8-9-24(2,29-23)12-18(11-23)30(3)22-7-6-20(27-28-22)19-5-4-17(10-21(19)32)31-14-16(13-25)26-15-31/h4-7,10,14-15,18,29,32H,8-9,11-12H2,1-3H3/t18-,23-,24+. The molecule has 3 atom stereocenters. The number of aromatic hydroxyl groups is 1. The molecule has 0 spiro atoms. The molecule has 0 radical (unpaired) electrons. The molecule has 4 heterocycles. The average molecular weight is 430 g/mol. The second-order valence-electron chi connectivity index (χ2n) is 9.68. The van der Waals surface area contributed by atoms with E-state index in [1.165, 1.54) is 12.8 Å². The van der Waals surface area contributed by atoms with Crippen LogP contribution in [0.1, 0.15) is 45.2 Å². The summed E-state index contributed by atoms with van der Waals surface area (Å²) in [4.78, 5) is 6.24. The second kappa shape index (κ2) is 7.31. The van der Waals surface area contributed by atoms with Gasteiger partial charge in [-0.05, 0) is 63.8 Å². The summed E-state index contributed by atoms with van der Waals surface area (Å²) in [7, 11) is 2.10. The number of nitrogens with zero attached hydrogens (tertiary/aromatic N) is 6. The number of phenols is 1. The van der Waals surface area contributed by atoms with Gasteiger partial charge in [-0.3, -0.25) is 0 Å². The molecule has 2 bridgehead atoms. The van der Waals surface area contributed by atoms with Crippen LogP contribution in [0.2, 0.25) is 0 Å². The third kappa shape index (κ3) is 3.59. The van der Waals surface area contributed by atoms with Crippen molar-refractivity contribution >= 4 is 5.82 Å². The van der Waals surface area contributed by atoms with Gasteiger partial charge in [0.1, 0.15) is 18.1 Å². The number of imidazole rings is 1. The minimum absolute atomic E-state index is 0.0980. The van der Waals surface area contributed by atoms with Crippen molar-refractivity contribution in [1.82, 2.24) is 25.1 Å². The lowest BCUT2D eigenvalue weighted by molar-refractivity contribution is 0.207. The molecule has 8 nitrogen and oxygen atoms in total. The third-order valence-electron chi connectivity index (χ3n) is 7.02. The molecule has 2 saturated heterocycles. The van der Waals surface area contributed by atoms with Gasteiger partial charge in [-0.2, -0.15) is 5.26 Å². The predicted molar refractivity (Wildman–Crippen MR) is 122 cm³/mol. The number of rotatable bonds is 4. The number of nitriles is 1. The van der Waals surface area contributed by atoms with Crippen LogP contribution >= 0.6 is 0 Å². The Balaban J connectivity index is 1.35. The molecule has 1 aromatic carbocycles. The summed E-state index contributed by atoms with van der Waals surface area (Å²) in [5.41, 5.74) is 2.64. The normalized spacial score (nSPS) is 26.6. The summed E-state index contributed by atoms with van der Waals surface area (Å²) in [5.74, 6) is 0.937. The Morgan fingerprint density at radius 3 is 2.50 bits per heavy atom. The Morgan fingerprint density at radius 2 is 1.91 bits per heavy atom. The molecule has 32 heavy (non-hydrogen) atoms. The molecular weight excluding hydrogens is 402 g/mol. The predicted octanol–water partition coefficient (Wildman–Crippen LogP) is 3.41. The number of benzene rings is 1. The molecule has 2 aliphatic heterocycles. The molecule has 8 heteroatoms. The van der Waals surface area contributed by atoms with Gasteiger partial charge in [0.2, 0.25) is 0 Å². The minimum Gasteiger partial charge on any atom is -0.507 e. The van der Waals surface area contributed by atoms with E-state index in [4.69, 9.17) is 5.26 Å². The number of phenolic OH excluding ortho intramolecular Hbond substituents is 1. The Labute approximate surface area is 187 Å². The number of anilines is 1. The molecule has 2 aromatic heterocycles. The molecule has 0 amide bonds. The molecule has 2 fully saturated rings. The zero-order chi connectivity index (χ0) is 22.5. The fourth-order valence-corrected chi connectivity index (χ4v) is 5.36. The topological polar surface area (TPSA) is 103 Å². The SMILES string of the molecule is CN(c1ccc(-c2ccc(-n3cnc(C#N)c3)cc2O)nn1)[C@H]1C[C@]2(C)CC[C@](C)(C1)N2.